The minimum atomic E-state index is -1.33. The van der Waals surface area contributed by atoms with Crippen LogP contribution in [0.5, 0.6) is 0 Å². The van der Waals surface area contributed by atoms with E-state index in [4.69, 9.17) is 10.3 Å². The van der Waals surface area contributed by atoms with Gasteiger partial charge < -0.3 is 25.7 Å². The van der Waals surface area contributed by atoms with Crippen molar-refractivity contribution in [1.29, 1.82) is 0 Å². The van der Waals surface area contributed by atoms with Crippen LogP contribution in [0.3, 0.4) is 0 Å². The van der Waals surface area contributed by atoms with Crippen molar-refractivity contribution in [3.8, 4) is 0 Å². The zero-order valence-electron chi connectivity index (χ0n) is 15.0. The van der Waals surface area contributed by atoms with Crippen molar-refractivity contribution in [3.63, 3.8) is 0 Å². The summed E-state index contributed by atoms with van der Waals surface area (Å²) >= 11 is 0. The second-order valence-electron chi connectivity index (χ2n) is 6.05. The maximum Gasteiger partial charge on any atom is 0.326 e. The molecule has 1 amide bonds. The van der Waals surface area contributed by atoms with Crippen LogP contribution in [0.4, 0.5) is 4.39 Å². The van der Waals surface area contributed by atoms with E-state index in [-0.39, 0.29) is 19.3 Å². The van der Waals surface area contributed by atoms with Crippen molar-refractivity contribution in [3.05, 3.63) is 41.3 Å². The topological polar surface area (TPSA) is 145 Å². The number of ketones is 1. The number of nitrogens with zero attached hydrogens (tertiary/aromatic N) is 2. The van der Waals surface area contributed by atoms with Crippen LogP contribution >= 0.6 is 0 Å². The average molecular weight is 390 g/mol. The Balaban J connectivity index is 2.09. The summed E-state index contributed by atoms with van der Waals surface area (Å²) in [4.78, 5) is 40.6. The smallest absolute Gasteiger partial charge is 0.326 e. The number of halogens is 1. The lowest BCUT2D eigenvalue weighted by Crippen LogP contribution is -2.46. The van der Waals surface area contributed by atoms with Crippen LogP contribution in [0.2, 0.25) is 0 Å². The van der Waals surface area contributed by atoms with E-state index >= 15 is 0 Å². The largest absolute Gasteiger partial charge is 0.480 e. The number of hydrogen-bond donors (Lipinski definition) is 3. The van der Waals surface area contributed by atoms with E-state index in [0.29, 0.717) is 22.7 Å². The minimum Gasteiger partial charge on any atom is -0.480 e. The second kappa shape index (κ2) is 9.54. The zero-order chi connectivity index (χ0) is 20.7. The molecule has 2 rings (SSSR count). The highest BCUT2D eigenvalue weighted by atomic mass is 19.1. The molecule has 1 aromatic heterocycles. The summed E-state index contributed by atoms with van der Waals surface area (Å²) in [5.41, 5.74) is 9.37. The molecule has 0 bridgehead atoms. The van der Waals surface area contributed by atoms with Gasteiger partial charge in [0.1, 0.15) is 18.0 Å². The molecule has 1 heterocycles. The van der Waals surface area contributed by atoms with E-state index in [0.717, 1.165) is 0 Å². The van der Waals surface area contributed by atoms with Gasteiger partial charge in [0.15, 0.2) is 0 Å². The van der Waals surface area contributed by atoms with Crippen LogP contribution in [0.25, 0.3) is 16.4 Å². The van der Waals surface area contributed by atoms with E-state index in [1.165, 1.54) is 13.2 Å². The lowest BCUT2D eigenvalue weighted by Gasteiger charge is -2.19. The Morgan fingerprint density at radius 2 is 2.18 bits per heavy atom. The van der Waals surface area contributed by atoms with Gasteiger partial charge in [-0.2, -0.15) is 4.79 Å². The molecule has 0 fully saturated rings. The number of methoxy groups -OCH3 is 1. The minimum absolute atomic E-state index is 0.0196. The number of carboxylic acid groups (broad SMARTS) is 1. The first-order valence-electron chi connectivity index (χ1n) is 8.38. The summed E-state index contributed by atoms with van der Waals surface area (Å²) in [6, 6.07) is 3.21. The second-order valence-corrected chi connectivity index (χ2v) is 6.05. The molecule has 148 valence electrons. The quantitative estimate of drug-likeness (QED) is 0.316. The summed E-state index contributed by atoms with van der Waals surface area (Å²) in [5.74, 6) is -3.06. The highest BCUT2D eigenvalue weighted by molar-refractivity contribution is 6.25. The Hall–Kier alpha value is -3.36. The summed E-state index contributed by atoms with van der Waals surface area (Å²) in [5, 5.41) is 11.9. The van der Waals surface area contributed by atoms with Gasteiger partial charge in [-0.3, -0.25) is 9.59 Å². The van der Waals surface area contributed by atoms with Crippen molar-refractivity contribution in [2.24, 2.45) is 0 Å². The highest BCUT2D eigenvalue weighted by Gasteiger charge is 2.27. The molecule has 0 aliphatic rings. The number of carboxylic acids is 1. The summed E-state index contributed by atoms with van der Waals surface area (Å²) < 4.78 is 19.2. The number of amides is 1. The van der Waals surface area contributed by atoms with E-state index in [1.54, 1.807) is 18.3 Å². The first-order chi connectivity index (χ1) is 13.4. The van der Waals surface area contributed by atoms with Gasteiger partial charge in [0.2, 0.25) is 11.7 Å². The van der Waals surface area contributed by atoms with Crippen molar-refractivity contribution in [1.82, 2.24) is 10.3 Å². The van der Waals surface area contributed by atoms with Crippen LogP contribution in [-0.4, -0.2) is 58.0 Å². The number of hydrogen-bond acceptors (Lipinski definition) is 4. The van der Waals surface area contributed by atoms with Crippen molar-refractivity contribution in [2.45, 2.75) is 31.4 Å². The molecule has 0 aliphatic heterocycles. The molecule has 10 heteroatoms. The summed E-state index contributed by atoms with van der Waals surface area (Å²) in [6.07, 6.45) is 0.761. The molecule has 9 nitrogen and oxygen atoms in total. The molecule has 0 saturated carbocycles. The number of H-pyrrole nitrogens is 1. The standard InChI is InChI=1S/C18H19FN4O5/c1-28-15(7-10-8-21-13-4-2-3-12(19)16(10)13)17(25)23-14(18(26)27)6-5-11(24)9-22-20/h2-4,8-9,14-15,21H,5-7H2,1H3,(H,23,25)(H,26,27). The van der Waals surface area contributed by atoms with E-state index < -0.39 is 35.6 Å². The number of nitrogens with one attached hydrogen (secondary N) is 2. The van der Waals surface area contributed by atoms with E-state index in [2.05, 4.69) is 15.1 Å². The molecule has 0 radical (unpaired) electrons. The third kappa shape index (κ3) is 5.09. The Morgan fingerprint density at radius 3 is 2.82 bits per heavy atom. The normalized spacial score (nSPS) is 12.8. The number of aliphatic carboxylic acids is 1. The number of carbonyl (C=O) groups excluding carboxylic acids is 2. The molecular weight excluding hydrogens is 371 g/mol. The molecule has 2 unspecified atom stereocenters. The first kappa shape index (κ1) is 20.9. The van der Waals surface area contributed by atoms with Gasteiger partial charge in [0.05, 0.1) is 0 Å². The monoisotopic (exact) mass is 390 g/mol. The Kier molecular flexibility index (Phi) is 7.14. The van der Waals surface area contributed by atoms with Crippen LogP contribution in [0, 0.1) is 5.82 Å². The maximum atomic E-state index is 14.1. The molecule has 2 atom stereocenters. The first-order valence-corrected chi connectivity index (χ1v) is 8.38. The lowest BCUT2D eigenvalue weighted by molar-refractivity contribution is -0.144. The molecule has 2 aromatic rings. The Labute approximate surface area is 159 Å². The van der Waals surface area contributed by atoms with Crippen molar-refractivity contribution >= 4 is 34.8 Å². The molecule has 3 N–H and O–H groups in total. The highest BCUT2D eigenvalue weighted by Crippen LogP contribution is 2.23. The Bertz CT molecular complexity index is 935. The fourth-order valence-corrected chi connectivity index (χ4v) is 2.79. The van der Waals surface area contributed by atoms with Gasteiger partial charge in [0.25, 0.3) is 0 Å². The number of ether oxygens (including phenoxy) is 1. The number of aromatic nitrogens is 1. The summed E-state index contributed by atoms with van der Waals surface area (Å²) in [6.45, 7) is 0. The zero-order valence-corrected chi connectivity index (χ0v) is 15.0. The van der Waals surface area contributed by atoms with Crippen LogP contribution in [0.1, 0.15) is 18.4 Å². The number of carbonyl (C=O) groups is 3. The number of rotatable bonds is 10. The third-order valence-electron chi connectivity index (χ3n) is 4.21. The number of fused-ring (bicyclic) bond motifs is 1. The number of aromatic amines is 1. The molecular formula is C18H19FN4O5. The fraction of sp³-hybridized carbons (Fsp3) is 0.333. The van der Waals surface area contributed by atoms with Gasteiger partial charge in [-0.25, -0.2) is 9.18 Å². The van der Waals surface area contributed by atoms with Gasteiger partial charge in [0, 0.05) is 37.1 Å². The molecule has 0 saturated heterocycles. The molecule has 1 aromatic carbocycles. The van der Waals surface area contributed by atoms with Gasteiger partial charge >= 0.3 is 12.2 Å². The maximum absolute atomic E-state index is 14.1. The van der Waals surface area contributed by atoms with Gasteiger partial charge in [-0.05, 0) is 24.1 Å². The fourth-order valence-electron chi connectivity index (χ4n) is 2.79. The number of Topliss-reactive ketones (excluding diaryl/α,β-unsaturated/α-hetero) is 1. The summed E-state index contributed by atoms with van der Waals surface area (Å²) in [7, 11) is 1.28. The predicted octanol–water partition coefficient (Wildman–Crippen LogP) is 1.08. The van der Waals surface area contributed by atoms with E-state index in [1.807, 2.05) is 0 Å². The Morgan fingerprint density at radius 1 is 1.43 bits per heavy atom. The van der Waals surface area contributed by atoms with Crippen molar-refractivity contribution < 1.29 is 33.4 Å². The van der Waals surface area contributed by atoms with Crippen molar-refractivity contribution in [2.75, 3.05) is 7.11 Å². The predicted molar refractivity (Wildman–Crippen MR) is 96.2 cm³/mol. The lowest BCUT2D eigenvalue weighted by atomic mass is 10.0. The van der Waals surface area contributed by atoms with Crippen LogP contribution in [0.15, 0.2) is 24.4 Å². The van der Waals surface area contributed by atoms with Crippen LogP contribution < -0.4 is 5.32 Å². The van der Waals surface area contributed by atoms with E-state index in [9.17, 15) is 23.9 Å². The van der Waals surface area contributed by atoms with Gasteiger partial charge in [-0.1, -0.05) is 6.07 Å². The third-order valence-corrected chi connectivity index (χ3v) is 4.21. The average Bonchev–Trinajstić information content (AvgIpc) is 3.07. The van der Waals surface area contributed by atoms with Gasteiger partial charge in [-0.15, -0.1) is 0 Å². The molecule has 28 heavy (non-hydrogen) atoms. The molecule has 0 aliphatic carbocycles. The molecule has 0 spiro atoms. The SMILES string of the molecule is COC(Cc1c[nH]c2cccc(F)c12)C(=O)NC(CCC(=O)C=[N+]=[N-])C(=O)O. The van der Waals surface area contributed by atoms with Crippen LogP contribution in [-0.2, 0) is 25.5 Å². The number of benzene rings is 1.